The predicted molar refractivity (Wildman–Crippen MR) is 92.2 cm³/mol. The van der Waals surface area contributed by atoms with Gasteiger partial charge in [-0.1, -0.05) is 31.0 Å². The van der Waals surface area contributed by atoms with E-state index in [2.05, 4.69) is 5.32 Å². The van der Waals surface area contributed by atoms with Crippen LogP contribution in [0.1, 0.15) is 63.4 Å². The number of amides is 1. The number of allylic oxidation sites excluding steroid dienone is 1. The largest absolute Gasteiger partial charge is 0.459 e. The molecule has 0 saturated heterocycles. The fourth-order valence-electron chi connectivity index (χ4n) is 3.77. The van der Waals surface area contributed by atoms with Gasteiger partial charge >= 0.3 is 5.97 Å². The normalized spacial score (nSPS) is 22.3. The van der Waals surface area contributed by atoms with Gasteiger partial charge in [0.2, 0.25) is 5.91 Å². The summed E-state index contributed by atoms with van der Waals surface area (Å²) in [4.78, 5) is 24.8. The van der Waals surface area contributed by atoms with Crippen LogP contribution in [-0.4, -0.2) is 18.0 Å². The summed E-state index contributed by atoms with van der Waals surface area (Å²) >= 11 is 0. The summed E-state index contributed by atoms with van der Waals surface area (Å²) in [7, 11) is 0. The van der Waals surface area contributed by atoms with Crippen LogP contribution in [0.4, 0.5) is 4.39 Å². The molecule has 4 nitrogen and oxygen atoms in total. The second kappa shape index (κ2) is 7.81. The Morgan fingerprint density at radius 2 is 1.84 bits per heavy atom. The van der Waals surface area contributed by atoms with Crippen molar-refractivity contribution in [2.45, 2.75) is 63.9 Å². The van der Waals surface area contributed by atoms with Crippen LogP contribution in [0.5, 0.6) is 0 Å². The van der Waals surface area contributed by atoms with Crippen molar-refractivity contribution in [3.63, 3.8) is 0 Å². The summed E-state index contributed by atoms with van der Waals surface area (Å²) < 4.78 is 20.0. The van der Waals surface area contributed by atoms with Crippen LogP contribution in [0.25, 0.3) is 0 Å². The Hall–Kier alpha value is -2.17. The Morgan fingerprint density at radius 1 is 1.16 bits per heavy atom. The van der Waals surface area contributed by atoms with Crippen LogP contribution < -0.4 is 5.32 Å². The third kappa shape index (κ3) is 4.09. The highest BCUT2D eigenvalue weighted by Gasteiger charge is 2.35. The zero-order valence-corrected chi connectivity index (χ0v) is 14.5. The molecule has 1 fully saturated rings. The maximum Gasteiger partial charge on any atom is 0.336 e. The Morgan fingerprint density at radius 3 is 2.52 bits per heavy atom. The SMILES string of the molecule is CC1=C(C(=O)OC2CCCCCC2)[C@H](c2ccccc2F)CC(=O)N1. The second-order valence-corrected chi connectivity index (χ2v) is 6.88. The van der Waals surface area contributed by atoms with Gasteiger partial charge in [-0.2, -0.15) is 0 Å². The minimum atomic E-state index is -0.603. The summed E-state index contributed by atoms with van der Waals surface area (Å²) in [5.41, 5.74) is 1.20. The number of hydrogen-bond acceptors (Lipinski definition) is 3. The lowest BCUT2D eigenvalue weighted by Crippen LogP contribution is -2.35. The lowest BCUT2D eigenvalue weighted by molar-refractivity contribution is -0.145. The van der Waals surface area contributed by atoms with E-state index in [1.807, 2.05) is 0 Å². The molecule has 0 unspecified atom stereocenters. The van der Waals surface area contributed by atoms with Gasteiger partial charge in [-0.25, -0.2) is 9.18 Å². The van der Waals surface area contributed by atoms with E-state index < -0.39 is 17.7 Å². The summed E-state index contributed by atoms with van der Waals surface area (Å²) in [5.74, 6) is -1.66. The molecule has 0 radical (unpaired) electrons. The monoisotopic (exact) mass is 345 g/mol. The van der Waals surface area contributed by atoms with Crippen LogP contribution in [0.2, 0.25) is 0 Å². The van der Waals surface area contributed by atoms with Gasteiger partial charge in [0.15, 0.2) is 0 Å². The molecule has 1 aliphatic carbocycles. The van der Waals surface area contributed by atoms with Gasteiger partial charge in [0, 0.05) is 18.0 Å². The van der Waals surface area contributed by atoms with Crippen molar-refractivity contribution < 1.29 is 18.7 Å². The van der Waals surface area contributed by atoms with Crippen LogP contribution >= 0.6 is 0 Å². The van der Waals surface area contributed by atoms with E-state index in [0.29, 0.717) is 16.8 Å². The molecule has 25 heavy (non-hydrogen) atoms. The first-order valence-corrected chi connectivity index (χ1v) is 9.02. The summed E-state index contributed by atoms with van der Waals surface area (Å²) in [6, 6.07) is 6.30. The van der Waals surface area contributed by atoms with Crippen LogP contribution in [-0.2, 0) is 14.3 Å². The number of esters is 1. The molecule has 2 aliphatic rings. The van der Waals surface area contributed by atoms with Crippen molar-refractivity contribution in [1.82, 2.24) is 5.32 Å². The van der Waals surface area contributed by atoms with E-state index in [1.165, 1.54) is 18.9 Å². The highest BCUT2D eigenvalue weighted by atomic mass is 19.1. The number of halogens is 1. The van der Waals surface area contributed by atoms with E-state index >= 15 is 0 Å². The number of ether oxygens (including phenoxy) is 1. The lowest BCUT2D eigenvalue weighted by Gasteiger charge is -2.28. The molecule has 1 aliphatic heterocycles. The van der Waals surface area contributed by atoms with Crippen molar-refractivity contribution >= 4 is 11.9 Å². The first kappa shape index (κ1) is 17.6. The van der Waals surface area contributed by atoms with Crippen molar-refractivity contribution in [2.75, 3.05) is 0 Å². The first-order valence-electron chi connectivity index (χ1n) is 9.02. The highest BCUT2D eigenvalue weighted by molar-refractivity contribution is 5.95. The standard InChI is InChI=1S/C20H24FNO3/c1-13-19(20(24)25-14-8-4-2-3-5-9-14)16(12-18(23)22-13)15-10-6-7-11-17(15)21/h6-7,10-11,14,16H,2-5,8-9,12H2,1H3,(H,22,23)/t16-/m0/s1. The van der Waals surface area contributed by atoms with Gasteiger partial charge in [0.1, 0.15) is 11.9 Å². The van der Waals surface area contributed by atoms with Gasteiger partial charge in [-0.05, 0) is 44.2 Å². The van der Waals surface area contributed by atoms with Crippen molar-refractivity contribution in [3.05, 3.63) is 46.9 Å². The molecule has 1 amide bonds. The molecule has 1 aromatic carbocycles. The van der Waals surface area contributed by atoms with Gasteiger partial charge < -0.3 is 10.1 Å². The fourth-order valence-corrected chi connectivity index (χ4v) is 3.77. The van der Waals surface area contributed by atoms with Crippen LogP contribution in [0.3, 0.4) is 0 Å². The molecule has 1 saturated carbocycles. The average Bonchev–Trinajstić information content (AvgIpc) is 2.83. The summed E-state index contributed by atoms with van der Waals surface area (Å²) in [6.45, 7) is 1.68. The number of nitrogens with one attached hydrogen (secondary N) is 1. The highest BCUT2D eigenvalue weighted by Crippen LogP contribution is 2.35. The van der Waals surface area contributed by atoms with Gasteiger partial charge in [-0.3, -0.25) is 4.79 Å². The number of rotatable bonds is 3. The molecule has 134 valence electrons. The second-order valence-electron chi connectivity index (χ2n) is 6.88. The predicted octanol–water partition coefficient (Wildman–Crippen LogP) is 3.97. The fraction of sp³-hybridized carbons (Fsp3) is 0.500. The van der Waals surface area contributed by atoms with Crippen molar-refractivity contribution in [3.8, 4) is 0 Å². The van der Waals surface area contributed by atoms with E-state index in [1.54, 1.807) is 25.1 Å². The molecular formula is C20H24FNO3. The number of benzene rings is 1. The quantitative estimate of drug-likeness (QED) is 0.666. The Kier molecular flexibility index (Phi) is 5.51. The molecular weight excluding hydrogens is 321 g/mol. The molecule has 1 aromatic rings. The van der Waals surface area contributed by atoms with Crippen LogP contribution in [0, 0.1) is 5.82 Å². The Bertz CT molecular complexity index is 690. The molecule has 5 heteroatoms. The zero-order chi connectivity index (χ0) is 17.8. The number of hydrogen-bond donors (Lipinski definition) is 1. The van der Waals surface area contributed by atoms with Gasteiger partial charge in [0.25, 0.3) is 0 Å². The Balaban J connectivity index is 1.87. The molecule has 0 aromatic heterocycles. The topological polar surface area (TPSA) is 55.4 Å². The molecule has 0 bridgehead atoms. The molecule has 3 rings (SSSR count). The molecule has 1 N–H and O–H groups in total. The third-order valence-corrected chi connectivity index (χ3v) is 5.05. The van der Waals surface area contributed by atoms with Crippen molar-refractivity contribution in [2.24, 2.45) is 0 Å². The smallest absolute Gasteiger partial charge is 0.336 e. The van der Waals surface area contributed by atoms with Gasteiger partial charge in [-0.15, -0.1) is 0 Å². The van der Waals surface area contributed by atoms with Gasteiger partial charge in [0.05, 0.1) is 5.57 Å². The summed E-state index contributed by atoms with van der Waals surface area (Å²) in [6.07, 6.45) is 6.16. The number of carbonyl (C=O) groups is 2. The minimum Gasteiger partial charge on any atom is -0.459 e. The maximum absolute atomic E-state index is 14.3. The molecule has 1 heterocycles. The van der Waals surface area contributed by atoms with E-state index in [0.717, 1.165) is 25.7 Å². The van der Waals surface area contributed by atoms with Crippen molar-refractivity contribution in [1.29, 1.82) is 0 Å². The molecule has 0 spiro atoms. The van der Waals surface area contributed by atoms with E-state index in [4.69, 9.17) is 4.74 Å². The minimum absolute atomic E-state index is 0.0490. The van der Waals surface area contributed by atoms with E-state index in [-0.39, 0.29) is 18.4 Å². The lowest BCUT2D eigenvalue weighted by atomic mass is 9.84. The third-order valence-electron chi connectivity index (χ3n) is 5.05. The zero-order valence-electron chi connectivity index (χ0n) is 14.5. The van der Waals surface area contributed by atoms with Crippen LogP contribution in [0.15, 0.2) is 35.5 Å². The molecule has 1 atom stereocenters. The van der Waals surface area contributed by atoms with E-state index in [9.17, 15) is 14.0 Å². The summed E-state index contributed by atoms with van der Waals surface area (Å²) in [5, 5.41) is 2.70. The Labute approximate surface area is 147 Å². The average molecular weight is 345 g/mol. The maximum atomic E-state index is 14.3. The number of carbonyl (C=O) groups excluding carboxylic acids is 2. The first-order chi connectivity index (χ1) is 12.1.